The van der Waals surface area contributed by atoms with Crippen molar-refractivity contribution >= 4 is 18.3 Å². The fraction of sp³-hybridized carbons (Fsp3) is 0.500. The monoisotopic (exact) mass is 302 g/mol. The Kier molecular flexibility index (Phi) is 6.23. The molecule has 1 aromatic rings. The molecule has 1 amide bonds. The summed E-state index contributed by atoms with van der Waals surface area (Å²) in [7, 11) is 1.40. The maximum Gasteiger partial charge on any atom is 0.253 e. The highest BCUT2D eigenvalue weighted by Gasteiger charge is 2.23. The lowest BCUT2D eigenvalue weighted by molar-refractivity contribution is 0.0693. The molecule has 0 atom stereocenters. The van der Waals surface area contributed by atoms with Crippen LogP contribution in [-0.4, -0.2) is 37.6 Å². The van der Waals surface area contributed by atoms with Gasteiger partial charge in [0.1, 0.15) is 0 Å². The number of nitrogens with zero attached hydrogens (tertiary/aromatic N) is 1. The number of piperidine rings is 1. The van der Waals surface area contributed by atoms with E-state index in [1.807, 2.05) is 0 Å². The lowest BCUT2D eigenvalue weighted by atomic mass is 9.96. The summed E-state index contributed by atoms with van der Waals surface area (Å²) in [6.07, 6.45) is 1.84. The van der Waals surface area contributed by atoms with E-state index in [9.17, 15) is 9.18 Å². The predicted octanol–water partition coefficient (Wildman–Crippen LogP) is 2.07. The molecule has 1 aliphatic rings. The molecule has 1 heterocycles. The molecule has 2 N–H and O–H groups in total. The van der Waals surface area contributed by atoms with Gasteiger partial charge in [-0.25, -0.2) is 4.39 Å². The van der Waals surface area contributed by atoms with Crippen molar-refractivity contribution in [3.05, 3.63) is 29.6 Å². The molecule has 0 aromatic heterocycles. The Morgan fingerprint density at radius 3 is 2.60 bits per heavy atom. The molecular formula is C14H20ClFN2O2. The first-order chi connectivity index (χ1) is 9.15. The molecule has 112 valence electrons. The van der Waals surface area contributed by atoms with Crippen LogP contribution in [0.15, 0.2) is 18.2 Å². The predicted molar refractivity (Wildman–Crippen MR) is 77.9 cm³/mol. The highest BCUT2D eigenvalue weighted by molar-refractivity contribution is 5.94. The number of likely N-dealkylation sites (tertiary alicyclic amines) is 1. The summed E-state index contributed by atoms with van der Waals surface area (Å²) in [5.74, 6) is 0.0114. The van der Waals surface area contributed by atoms with Gasteiger partial charge in [0.15, 0.2) is 11.6 Å². The second-order valence-corrected chi connectivity index (χ2v) is 4.82. The maximum absolute atomic E-state index is 13.6. The number of nitrogens with two attached hydrogens (primary N) is 1. The standard InChI is InChI=1S/C14H19FN2O2.ClH/c1-19-13-3-2-11(8-12(13)15)14(18)17-6-4-10(9-16)5-7-17;/h2-3,8,10H,4-7,9,16H2,1H3;1H. The number of benzene rings is 1. The number of halogens is 2. The molecule has 0 unspecified atom stereocenters. The third-order valence-corrected chi connectivity index (χ3v) is 3.63. The first-order valence-corrected chi connectivity index (χ1v) is 6.48. The smallest absolute Gasteiger partial charge is 0.253 e. The lowest BCUT2D eigenvalue weighted by Gasteiger charge is -2.31. The number of hydrogen-bond acceptors (Lipinski definition) is 3. The van der Waals surface area contributed by atoms with Crippen molar-refractivity contribution in [2.75, 3.05) is 26.7 Å². The highest BCUT2D eigenvalue weighted by Crippen LogP contribution is 2.21. The van der Waals surface area contributed by atoms with Crippen molar-refractivity contribution in [2.24, 2.45) is 11.7 Å². The van der Waals surface area contributed by atoms with Crippen LogP contribution in [0.4, 0.5) is 4.39 Å². The van der Waals surface area contributed by atoms with Gasteiger partial charge in [0.25, 0.3) is 5.91 Å². The van der Waals surface area contributed by atoms with E-state index in [1.165, 1.54) is 19.2 Å². The van der Waals surface area contributed by atoms with Gasteiger partial charge in [-0.1, -0.05) is 0 Å². The van der Waals surface area contributed by atoms with Gasteiger partial charge in [-0.2, -0.15) is 0 Å². The Morgan fingerprint density at radius 1 is 1.45 bits per heavy atom. The molecule has 1 aliphatic heterocycles. The summed E-state index contributed by atoms with van der Waals surface area (Å²) in [5, 5.41) is 0. The van der Waals surface area contributed by atoms with Crippen molar-refractivity contribution in [3.63, 3.8) is 0 Å². The number of hydrogen-bond donors (Lipinski definition) is 1. The van der Waals surface area contributed by atoms with Crippen molar-refractivity contribution in [1.29, 1.82) is 0 Å². The number of carbonyl (C=O) groups is 1. The Bertz CT molecular complexity index is 462. The second kappa shape index (κ2) is 7.45. The molecule has 0 bridgehead atoms. The molecule has 0 radical (unpaired) electrons. The largest absolute Gasteiger partial charge is 0.494 e. The molecule has 2 rings (SSSR count). The molecule has 0 aliphatic carbocycles. The van der Waals surface area contributed by atoms with Gasteiger partial charge in [0.2, 0.25) is 0 Å². The van der Waals surface area contributed by atoms with E-state index in [-0.39, 0.29) is 24.1 Å². The Balaban J connectivity index is 0.00000200. The molecule has 0 spiro atoms. The second-order valence-electron chi connectivity index (χ2n) is 4.82. The van der Waals surface area contributed by atoms with Crippen molar-refractivity contribution in [2.45, 2.75) is 12.8 Å². The average molecular weight is 303 g/mol. The summed E-state index contributed by atoms with van der Waals surface area (Å²) in [5.41, 5.74) is 5.99. The normalized spacial score (nSPS) is 15.7. The summed E-state index contributed by atoms with van der Waals surface area (Å²) < 4.78 is 18.4. The van der Waals surface area contributed by atoms with Crippen LogP contribution in [0, 0.1) is 11.7 Å². The molecule has 1 aromatic carbocycles. The van der Waals surface area contributed by atoms with Gasteiger partial charge in [0, 0.05) is 18.7 Å². The van der Waals surface area contributed by atoms with E-state index in [4.69, 9.17) is 10.5 Å². The maximum atomic E-state index is 13.6. The molecule has 4 nitrogen and oxygen atoms in total. The van der Waals surface area contributed by atoms with Crippen LogP contribution in [0.3, 0.4) is 0 Å². The SMILES string of the molecule is COc1ccc(C(=O)N2CCC(CN)CC2)cc1F.Cl. The number of methoxy groups -OCH3 is 1. The van der Waals surface area contributed by atoms with Crippen LogP contribution in [0.25, 0.3) is 0 Å². The van der Waals surface area contributed by atoms with Crippen LogP contribution in [-0.2, 0) is 0 Å². The van der Waals surface area contributed by atoms with E-state index in [1.54, 1.807) is 11.0 Å². The summed E-state index contributed by atoms with van der Waals surface area (Å²) in [6, 6.07) is 4.31. The van der Waals surface area contributed by atoms with E-state index in [0.29, 0.717) is 31.1 Å². The van der Waals surface area contributed by atoms with Crippen LogP contribution in [0.5, 0.6) is 5.75 Å². The number of amides is 1. The van der Waals surface area contributed by atoms with Crippen LogP contribution in [0.1, 0.15) is 23.2 Å². The third-order valence-electron chi connectivity index (χ3n) is 3.63. The van der Waals surface area contributed by atoms with Gasteiger partial charge in [-0.15, -0.1) is 12.4 Å². The summed E-state index contributed by atoms with van der Waals surface area (Å²) in [6.45, 7) is 2.04. The van der Waals surface area contributed by atoms with E-state index in [2.05, 4.69) is 0 Å². The van der Waals surface area contributed by atoms with Crippen LogP contribution >= 0.6 is 12.4 Å². The minimum Gasteiger partial charge on any atom is -0.494 e. The molecular weight excluding hydrogens is 283 g/mol. The van der Waals surface area contributed by atoms with Gasteiger partial charge < -0.3 is 15.4 Å². The zero-order valence-electron chi connectivity index (χ0n) is 11.5. The molecule has 1 fully saturated rings. The quantitative estimate of drug-likeness (QED) is 0.930. The molecule has 6 heteroatoms. The number of carbonyl (C=O) groups excluding carboxylic acids is 1. The highest BCUT2D eigenvalue weighted by atomic mass is 35.5. The number of rotatable bonds is 3. The third kappa shape index (κ3) is 3.61. The van der Waals surface area contributed by atoms with E-state index in [0.717, 1.165) is 12.8 Å². The van der Waals surface area contributed by atoms with Crippen LogP contribution in [0.2, 0.25) is 0 Å². The average Bonchev–Trinajstić information content (AvgIpc) is 2.46. The van der Waals surface area contributed by atoms with Crippen molar-refractivity contribution in [1.82, 2.24) is 4.90 Å². The Hall–Kier alpha value is -1.33. The summed E-state index contributed by atoms with van der Waals surface area (Å²) in [4.78, 5) is 14.0. The molecule has 1 saturated heterocycles. The summed E-state index contributed by atoms with van der Waals surface area (Å²) >= 11 is 0. The zero-order chi connectivity index (χ0) is 13.8. The molecule has 20 heavy (non-hydrogen) atoms. The fourth-order valence-corrected chi connectivity index (χ4v) is 2.35. The van der Waals surface area contributed by atoms with E-state index < -0.39 is 5.82 Å². The van der Waals surface area contributed by atoms with Crippen molar-refractivity contribution in [3.8, 4) is 5.75 Å². The van der Waals surface area contributed by atoms with Gasteiger partial charge >= 0.3 is 0 Å². The van der Waals surface area contributed by atoms with Gasteiger partial charge in [-0.3, -0.25) is 4.79 Å². The molecule has 0 saturated carbocycles. The fourth-order valence-electron chi connectivity index (χ4n) is 2.35. The first-order valence-electron chi connectivity index (χ1n) is 6.48. The first kappa shape index (κ1) is 16.7. The van der Waals surface area contributed by atoms with Gasteiger partial charge in [-0.05, 0) is 43.5 Å². The topological polar surface area (TPSA) is 55.6 Å². The Morgan fingerprint density at radius 2 is 2.10 bits per heavy atom. The van der Waals surface area contributed by atoms with Crippen molar-refractivity contribution < 1.29 is 13.9 Å². The van der Waals surface area contributed by atoms with E-state index >= 15 is 0 Å². The minimum atomic E-state index is -0.509. The minimum absolute atomic E-state index is 0. The lowest BCUT2D eigenvalue weighted by Crippen LogP contribution is -2.40. The van der Waals surface area contributed by atoms with Crippen LogP contribution < -0.4 is 10.5 Å². The zero-order valence-corrected chi connectivity index (χ0v) is 12.3. The Labute approximate surface area is 124 Å². The van der Waals surface area contributed by atoms with Gasteiger partial charge in [0.05, 0.1) is 7.11 Å². The number of ether oxygens (including phenoxy) is 1.